The fourth-order valence-corrected chi connectivity index (χ4v) is 2.67. The molecule has 6 heteroatoms. The maximum Gasteiger partial charge on any atom is 0.229 e. The molecule has 0 bridgehead atoms. The van der Waals surface area contributed by atoms with Crippen LogP contribution in [0.3, 0.4) is 0 Å². The molecule has 6 nitrogen and oxygen atoms in total. The highest BCUT2D eigenvalue weighted by Crippen LogP contribution is 2.31. The Bertz CT molecular complexity index is 539. The lowest BCUT2D eigenvalue weighted by Crippen LogP contribution is -2.29. The lowest BCUT2D eigenvalue weighted by molar-refractivity contribution is 0.219. The number of nitriles is 2. The van der Waals surface area contributed by atoms with Gasteiger partial charge in [0.25, 0.3) is 0 Å². The first kappa shape index (κ1) is 15.5. The van der Waals surface area contributed by atoms with Crippen molar-refractivity contribution in [1.82, 2.24) is 15.0 Å². The third-order valence-corrected chi connectivity index (χ3v) is 3.86. The van der Waals surface area contributed by atoms with Crippen molar-refractivity contribution in [2.75, 3.05) is 13.1 Å². The van der Waals surface area contributed by atoms with Crippen LogP contribution in [0.2, 0.25) is 0 Å². The highest BCUT2D eigenvalue weighted by molar-refractivity contribution is 5.01. The van der Waals surface area contributed by atoms with Crippen LogP contribution in [0.1, 0.15) is 63.2 Å². The molecule has 1 fully saturated rings. The van der Waals surface area contributed by atoms with Crippen LogP contribution in [0.25, 0.3) is 0 Å². The molecule has 0 aromatic carbocycles. The second-order valence-electron chi connectivity index (χ2n) is 5.82. The number of aromatic nitrogens is 2. The molecule has 1 aromatic heterocycles. The average molecular weight is 287 g/mol. The molecule has 0 radical (unpaired) electrons. The molecule has 21 heavy (non-hydrogen) atoms. The second-order valence-corrected chi connectivity index (χ2v) is 5.82. The monoisotopic (exact) mass is 287 g/mol. The molecule has 0 spiro atoms. The Labute approximate surface area is 125 Å². The standard InChI is InChI=1S/C15H21N5O/c1-11(2)15-18-14(19-21-15)13-6-4-8-20(13)10-12(9-17)5-3-7-16/h11-13H,3-6,8,10H2,1-2H3/t12-,13-/m0/s1. The minimum Gasteiger partial charge on any atom is -0.339 e. The first-order valence-electron chi connectivity index (χ1n) is 7.49. The van der Waals surface area contributed by atoms with Crippen LogP contribution in [0.4, 0.5) is 0 Å². The summed E-state index contributed by atoms with van der Waals surface area (Å²) in [6, 6.07) is 4.55. The molecule has 0 unspecified atom stereocenters. The molecule has 2 rings (SSSR count). The van der Waals surface area contributed by atoms with E-state index >= 15 is 0 Å². The normalized spacial score (nSPS) is 20.3. The van der Waals surface area contributed by atoms with Gasteiger partial charge in [-0.15, -0.1) is 0 Å². The fraction of sp³-hybridized carbons (Fsp3) is 0.733. The summed E-state index contributed by atoms with van der Waals surface area (Å²) >= 11 is 0. The van der Waals surface area contributed by atoms with E-state index < -0.39 is 0 Å². The molecular weight excluding hydrogens is 266 g/mol. The van der Waals surface area contributed by atoms with Gasteiger partial charge < -0.3 is 4.52 Å². The van der Waals surface area contributed by atoms with Crippen molar-refractivity contribution in [2.24, 2.45) is 5.92 Å². The molecule has 0 aliphatic carbocycles. The van der Waals surface area contributed by atoms with E-state index in [2.05, 4.69) is 27.2 Å². The van der Waals surface area contributed by atoms with E-state index in [1.165, 1.54) is 0 Å². The van der Waals surface area contributed by atoms with Crippen molar-refractivity contribution in [2.45, 2.75) is 51.5 Å². The van der Waals surface area contributed by atoms with E-state index in [0.29, 0.717) is 25.3 Å². The summed E-state index contributed by atoms with van der Waals surface area (Å²) < 4.78 is 5.29. The van der Waals surface area contributed by atoms with Gasteiger partial charge >= 0.3 is 0 Å². The molecular formula is C15H21N5O. The fourth-order valence-electron chi connectivity index (χ4n) is 2.67. The SMILES string of the molecule is CC(C)c1nc([C@@H]2CCCN2C[C@H](C#N)CCC#N)no1. The predicted octanol–water partition coefficient (Wildman–Crippen LogP) is 2.77. The topological polar surface area (TPSA) is 89.7 Å². The number of hydrogen-bond acceptors (Lipinski definition) is 6. The van der Waals surface area contributed by atoms with Crippen molar-refractivity contribution < 1.29 is 4.52 Å². The van der Waals surface area contributed by atoms with Gasteiger partial charge in [-0.1, -0.05) is 19.0 Å². The minimum absolute atomic E-state index is 0.110. The van der Waals surface area contributed by atoms with E-state index in [1.54, 1.807) is 0 Å². The van der Waals surface area contributed by atoms with Crippen LogP contribution < -0.4 is 0 Å². The van der Waals surface area contributed by atoms with Crippen molar-refractivity contribution in [3.8, 4) is 12.1 Å². The summed E-state index contributed by atoms with van der Waals surface area (Å²) in [5.41, 5.74) is 0. The van der Waals surface area contributed by atoms with Gasteiger partial charge in [0.15, 0.2) is 5.82 Å². The van der Waals surface area contributed by atoms with Crippen molar-refractivity contribution in [3.05, 3.63) is 11.7 Å². The number of rotatable bonds is 6. The highest BCUT2D eigenvalue weighted by atomic mass is 16.5. The Morgan fingerprint density at radius 1 is 1.43 bits per heavy atom. The number of nitrogens with zero attached hydrogens (tertiary/aromatic N) is 5. The molecule has 0 saturated carbocycles. The van der Waals surface area contributed by atoms with Crippen LogP contribution >= 0.6 is 0 Å². The largest absolute Gasteiger partial charge is 0.339 e. The van der Waals surface area contributed by atoms with Gasteiger partial charge in [0.1, 0.15) is 0 Å². The average Bonchev–Trinajstić information content (AvgIpc) is 3.11. The van der Waals surface area contributed by atoms with Crippen molar-refractivity contribution in [3.63, 3.8) is 0 Å². The first-order chi connectivity index (χ1) is 10.2. The molecule has 1 saturated heterocycles. The molecule has 1 aromatic rings. The molecule has 0 N–H and O–H groups in total. The summed E-state index contributed by atoms with van der Waals surface area (Å²) in [6.07, 6.45) is 3.12. The van der Waals surface area contributed by atoms with E-state index in [1.807, 2.05) is 13.8 Å². The molecule has 2 heterocycles. The Morgan fingerprint density at radius 2 is 2.24 bits per heavy atom. The lowest BCUT2D eigenvalue weighted by atomic mass is 10.0. The first-order valence-corrected chi connectivity index (χ1v) is 7.49. The minimum atomic E-state index is -0.110. The Kier molecular flexibility index (Phi) is 5.30. The van der Waals surface area contributed by atoms with Gasteiger partial charge in [-0.2, -0.15) is 15.5 Å². The van der Waals surface area contributed by atoms with E-state index in [9.17, 15) is 5.26 Å². The summed E-state index contributed by atoms with van der Waals surface area (Å²) in [5, 5.41) is 22.0. The highest BCUT2D eigenvalue weighted by Gasteiger charge is 2.31. The van der Waals surface area contributed by atoms with E-state index in [4.69, 9.17) is 9.78 Å². The number of likely N-dealkylation sites (tertiary alicyclic amines) is 1. The molecule has 1 aliphatic rings. The summed E-state index contributed by atoms with van der Waals surface area (Å²) in [5.74, 6) is 1.51. The van der Waals surface area contributed by atoms with Crippen molar-refractivity contribution in [1.29, 1.82) is 10.5 Å². The van der Waals surface area contributed by atoms with Crippen LogP contribution in [-0.2, 0) is 0 Å². The lowest BCUT2D eigenvalue weighted by Gasteiger charge is -2.23. The van der Waals surface area contributed by atoms with Gasteiger partial charge in [-0.05, 0) is 25.8 Å². The van der Waals surface area contributed by atoms with Gasteiger partial charge in [0.05, 0.1) is 24.1 Å². The van der Waals surface area contributed by atoms with Crippen LogP contribution in [0.5, 0.6) is 0 Å². The van der Waals surface area contributed by atoms with Crippen LogP contribution in [0.15, 0.2) is 4.52 Å². The van der Waals surface area contributed by atoms with Gasteiger partial charge in [0.2, 0.25) is 5.89 Å². The van der Waals surface area contributed by atoms with E-state index in [-0.39, 0.29) is 17.9 Å². The van der Waals surface area contributed by atoms with E-state index in [0.717, 1.165) is 25.2 Å². The van der Waals surface area contributed by atoms with Gasteiger partial charge in [-0.25, -0.2) is 0 Å². The van der Waals surface area contributed by atoms with Gasteiger partial charge in [-0.3, -0.25) is 4.90 Å². The van der Waals surface area contributed by atoms with Crippen LogP contribution in [0, 0.1) is 28.6 Å². The number of hydrogen-bond donors (Lipinski definition) is 0. The third kappa shape index (κ3) is 3.80. The van der Waals surface area contributed by atoms with Crippen molar-refractivity contribution >= 4 is 0 Å². The molecule has 0 amide bonds. The predicted molar refractivity (Wildman–Crippen MR) is 75.9 cm³/mol. The third-order valence-electron chi connectivity index (χ3n) is 3.86. The molecule has 112 valence electrons. The Balaban J connectivity index is 2.02. The summed E-state index contributed by atoms with van der Waals surface area (Å²) in [6.45, 7) is 5.67. The summed E-state index contributed by atoms with van der Waals surface area (Å²) in [7, 11) is 0. The zero-order valence-corrected chi connectivity index (χ0v) is 12.6. The van der Waals surface area contributed by atoms with Gasteiger partial charge in [0, 0.05) is 18.9 Å². The Morgan fingerprint density at radius 3 is 2.86 bits per heavy atom. The summed E-state index contributed by atoms with van der Waals surface area (Å²) in [4.78, 5) is 6.73. The quantitative estimate of drug-likeness (QED) is 0.799. The smallest absolute Gasteiger partial charge is 0.229 e. The molecule has 2 atom stereocenters. The van der Waals surface area contributed by atoms with Crippen LogP contribution in [-0.4, -0.2) is 28.1 Å². The Hall–Kier alpha value is -1.92. The zero-order valence-electron chi connectivity index (χ0n) is 12.6. The zero-order chi connectivity index (χ0) is 15.2. The maximum atomic E-state index is 9.21. The second kappa shape index (κ2) is 7.19. The molecule has 1 aliphatic heterocycles. The maximum absolute atomic E-state index is 9.21.